The Bertz CT molecular complexity index is 1020. The van der Waals surface area contributed by atoms with Gasteiger partial charge < -0.3 is 24.3 Å². The zero-order chi connectivity index (χ0) is 21.5. The molecule has 160 valence electrons. The molecule has 0 spiro atoms. The molecule has 6 nitrogen and oxygen atoms in total. The first-order valence-electron chi connectivity index (χ1n) is 10.5. The Balaban J connectivity index is 1.74. The van der Waals surface area contributed by atoms with E-state index in [0.717, 1.165) is 38.9 Å². The molecule has 3 aromatic rings. The highest BCUT2D eigenvalue weighted by Crippen LogP contribution is 2.30. The van der Waals surface area contributed by atoms with Gasteiger partial charge in [0.2, 0.25) is 5.43 Å². The van der Waals surface area contributed by atoms with Gasteiger partial charge in [0.25, 0.3) is 0 Å². The molecular formula is C24H29NO5. The first kappa shape index (κ1) is 21.7. The van der Waals surface area contributed by atoms with Gasteiger partial charge in [0, 0.05) is 18.7 Å². The van der Waals surface area contributed by atoms with Gasteiger partial charge in [-0.1, -0.05) is 26.0 Å². The van der Waals surface area contributed by atoms with Crippen molar-refractivity contribution in [3.63, 3.8) is 0 Å². The van der Waals surface area contributed by atoms with Gasteiger partial charge in [0.15, 0.2) is 0 Å². The summed E-state index contributed by atoms with van der Waals surface area (Å²) >= 11 is 0. The molecule has 0 atom stereocenters. The third-order valence-corrected chi connectivity index (χ3v) is 4.98. The number of hydrogen-bond acceptors (Lipinski definition) is 6. The number of fused-ring (bicyclic) bond motifs is 1. The van der Waals surface area contributed by atoms with Gasteiger partial charge in [-0.3, -0.25) is 4.79 Å². The summed E-state index contributed by atoms with van der Waals surface area (Å²) in [5.41, 5.74) is 0.863. The van der Waals surface area contributed by atoms with Crippen molar-refractivity contribution in [2.75, 3.05) is 26.2 Å². The minimum Gasteiger partial charge on any atom is -0.508 e. The van der Waals surface area contributed by atoms with Crippen LogP contribution in [-0.4, -0.2) is 41.4 Å². The van der Waals surface area contributed by atoms with Crippen LogP contribution in [0.4, 0.5) is 0 Å². The number of hydrogen-bond donors (Lipinski definition) is 2. The second-order valence-electron chi connectivity index (χ2n) is 7.38. The van der Waals surface area contributed by atoms with Crippen LogP contribution in [0.3, 0.4) is 0 Å². The van der Waals surface area contributed by atoms with E-state index in [2.05, 4.69) is 18.7 Å². The second kappa shape index (κ2) is 10.2. The number of rotatable bonds is 10. The van der Waals surface area contributed by atoms with Gasteiger partial charge in [-0.2, -0.15) is 0 Å². The zero-order valence-corrected chi connectivity index (χ0v) is 17.6. The molecule has 0 bridgehead atoms. The molecule has 0 fully saturated rings. The lowest BCUT2D eigenvalue weighted by atomic mass is 10.0. The van der Waals surface area contributed by atoms with Gasteiger partial charge in [-0.25, -0.2) is 0 Å². The van der Waals surface area contributed by atoms with Crippen LogP contribution < -0.4 is 10.2 Å². The van der Waals surface area contributed by atoms with Crippen molar-refractivity contribution >= 4 is 11.0 Å². The van der Waals surface area contributed by atoms with Crippen molar-refractivity contribution in [3.05, 3.63) is 52.9 Å². The Kier molecular flexibility index (Phi) is 7.36. The summed E-state index contributed by atoms with van der Waals surface area (Å²) in [5.74, 6) is 0.412. The highest BCUT2D eigenvalue weighted by molar-refractivity contribution is 5.88. The average Bonchev–Trinajstić information content (AvgIpc) is 2.72. The fourth-order valence-corrected chi connectivity index (χ4v) is 3.58. The maximum atomic E-state index is 12.9. The summed E-state index contributed by atoms with van der Waals surface area (Å²) in [4.78, 5) is 15.3. The molecule has 0 saturated heterocycles. The minimum absolute atomic E-state index is 0.112. The van der Waals surface area contributed by atoms with Gasteiger partial charge in [-0.05, 0) is 50.0 Å². The third kappa shape index (κ3) is 5.13. The largest absolute Gasteiger partial charge is 0.508 e. The maximum absolute atomic E-state index is 12.9. The molecular weight excluding hydrogens is 382 g/mol. The molecule has 0 aliphatic heterocycles. The molecule has 0 saturated carbocycles. The molecule has 0 amide bonds. The van der Waals surface area contributed by atoms with Crippen molar-refractivity contribution in [2.45, 2.75) is 33.1 Å². The molecule has 1 aromatic heterocycles. The molecule has 3 rings (SSSR count). The number of phenolic OH excluding ortho intramolecular Hbond substituents is 2. The SMILES string of the molecule is CCCN(CCC)CCCOc1cc(O)c2c(=O)c(-c3ccc(O)cc3)coc2c1. The zero-order valence-electron chi connectivity index (χ0n) is 17.6. The standard InChI is InChI=1S/C24H29NO5/c1-3-10-25(11-4-2)12-5-13-29-19-14-21(27)23-22(15-19)30-16-20(24(23)28)17-6-8-18(26)9-7-17/h6-9,14-16,26-27H,3-5,10-13H2,1-2H3. The number of phenols is 2. The van der Waals surface area contributed by atoms with Crippen LogP contribution in [-0.2, 0) is 0 Å². The average molecular weight is 411 g/mol. The predicted molar refractivity (Wildman–Crippen MR) is 118 cm³/mol. The van der Waals surface area contributed by atoms with E-state index in [-0.39, 0.29) is 27.9 Å². The Hall–Kier alpha value is -2.99. The Morgan fingerprint density at radius 2 is 1.70 bits per heavy atom. The van der Waals surface area contributed by atoms with Crippen LogP contribution >= 0.6 is 0 Å². The summed E-state index contributed by atoms with van der Waals surface area (Å²) in [6, 6.07) is 9.34. The van der Waals surface area contributed by atoms with E-state index in [0.29, 0.717) is 23.5 Å². The van der Waals surface area contributed by atoms with Crippen LogP contribution in [0.5, 0.6) is 17.2 Å². The summed E-state index contributed by atoms with van der Waals surface area (Å²) < 4.78 is 11.4. The first-order valence-corrected chi connectivity index (χ1v) is 10.5. The van der Waals surface area contributed by atoms with Gasteiger partial charge in [0.05, 0.1) is 12.2 Å². The fraction of sp³-hybridized carbons (Fsp3) is 0.375. The van der Waals surface area contributed by atoms with Crippen LogP contribution in [0.25, 0.3) is 22.1 Å². The first-order chi connectivity index (χ1) is 14.5. The molecule has 0 aliphatic rings. The van der Waals surface area contributed by atoms with Crippen molar-refractivity contribution in [3.8, 4) is 28.4 Å². The fourth-order valence-electron chi connectivity index (χ4n) is 3.58. The van der Waals surface area contributed by atoms with Gasteiger partial charge >= 0.3 is 0 Å². The lowest BCUT2D eigenvalue weighted by molar-refractivity contribution is 0.234. The molecule has 2 N–H and O–H groups in total. The van der Waals surface area contributed by atoms with E-state index in [9.17, 15) is 15.0 Å². The van der Waals surface area contributed by atoms with Crippen LogP contribution in [0, 0.1) is 0 Å². The molecule has 0 radical (unpaired) electrons. The van der Waals surface area contributed by atoms with E-state index in [1.54, 1.807) is 18.2 Å². The summed E-state index contributed by atoms with van der Waals surface area (Å²) in [5, 5.41) is 20.0. The second-order valence-corrected chi connectivity index (χ2v) is 7.38. The van der Waals surface area contributed by atoms with E-state index in [4.69, 9.17) is 9.15 Å². The van der Waals surface area contributed by atoms with Crippen molar-refractivity contribution in [2.24, 2.45) is 0 Å². The van der Waals surface area contributed by atoms with Crippen LogP contribution in [0.15, 0.2) is 51.9 Å². The quantitative estimate of drug-likeness (QED) is 0.468. The monoisotopic (exact) mass is 411 g/mol. The topological polar surface area (TPSA) is 83.1 Å². The molecule has 1 heterocycles. The normalized spacial score (nSPS) is 11.3. The van der Waals surface area contributed by atoms with Gasteiger partial charge in [-0.15, -0.1) is 0 Å². The highest BCUT2D eigenvalue weighted by atomic mass is 16.5. The van der Waals surface area contributed by atoms with Crippen molar-refractivity contribution in [1.82, 2.24) is 4.90 Å². The maximum Gasteiger partial charge on any atom is 0.204 e. The number of benzene rings is 2. The van der Waals surface area contributed by atoms with E-state index in [1.807, 2.05) is 0 Å². The van der Waals surface area contributed by atoms with Crippen LogP contribution in [0.2, 0.25) is 0 Å². The number of ether oxygens (including phenoxy) is 1. The summed E-state index contributed by atoms with van der Waals surface area (Å²) in [7, 11) is 0. The molecule has 0 aliphatic carbocycles. The highest BCUT2D eigenvalue weighted by Gasteiger charge is 2.14. The smallest absolute Gasteiger partial charge is 0.204 e. The summed E-state index contributed by atoms with van der Waals surface area (Å²) in [6.45, 7) is 8.00. The lowest BCUT2D eigenvalue weighted by Crippen LogP contribution is -2.27. The molecule has 6 heteroatoms. The number of aromatic hydroxyl groups is 2. The predicted octanol–water partition coefficient (Wildman–Crippen LogP) is 4.76. The molecule has 0 unspecified atom stereocenters. The van der Waals surface area contributed by atoms with Crippen molar-refractivity contribution < 1.29 is 19.4 Å². The Morgan fingerprint density at radius 1 is 1.00 bits per heavy atom. The minimum atomic E-state index is -0.333. The Labute approximate surface area is 176 Å². The third-order valence-electron chi connectivity index (χ3n) is 4.98. The lowest BCUT2D eigenvalue weighted by Gasteiger charge is -2.20. The van der Waals surface area contributed by atoms with Crippen LogP contribution in [0.1, 0.15) is 33.1 Å². The van der Waals surface area contributed by atoms with E-state index in [1.165, 1.54) is 24.5 Å². The number of nitrogens with zero attached hydrogens (tertiary/aromatic N) is 1. The molecule has 2 aromatic carbocycles. The molecule has 30 heavy (non-hydrogen) atoms. The van der Waals surface area contributed by atoms with Crippen molar-refractivity contribution in [1.29, 1.82) is 0 Å². The Morgan fingerprint density at radius 3 is 2.37 bits per heavy atom. The van der Waals surface area contributed by atoms with Gasteiger partial charge in [0.1, 0.15) is 34.5 Å². The van der Waals surface area contributed by atoms with E-state index < -0.39 is 0 Å². The summed E-state index contributed by atoms with van der Waals surface area (Å²) in [6.07, 6.45) is 4.51. The van der Waals surface area contributed by atoms with E-state index >= 15 is 0 Å².